The van der Waals surface area contributed by atoms with Crippen molar-refractivity contribution in [3.05, 3.63) is 52.9 Å². The molecule has 2 rings (SSSR count). The number of nitrogens with one attached hydrogen (secondary N) is 1. The molecular weight excluding hydrogens is 260 g/mol. The maximum absolute atomic E-state index is 13.2. The summed E-state index contributed by atoms with van der Waals surface area (Å²) in [5, 5.41) is 7.64. The summed E-state index contributed by atoms with van der Waals surface area (Å²) in [6.07, 6.45) is 2.82. The van der Waals surface area contributed by atoms with Crippen molar-refractivity contribution in [3.63, 3.8) is 0 Å². The fourth-order valence-electron chi connectivity index (χ4n) is 2.24. The van der Waals surface area contributed by atoms with E-state index in [2.05, 4.69) is 17.3 Å². The third kappa shape index (κ3) is 3.42. The summed E-state index contributed by atoms with van der Waals surface area (Å²) in [6.45, 7) is 4.56. The first-order valence-electron chi connectivity index (χ1n) is 6.70. The van der Waals surface area contributed by atoms with Crippen LogP contribution in [0, 0.1) is 11.6 Å². The average molecular weight is 279 g/mol. The molecular formula is C15H19F2N3. The minimum Gasteiger partial charge on any atom is -0.306 e. The Hall–Kier alpha value is -1.75. The highest BCUT2D eigenvalue weighted by Gasteiger charge is 2.11. The van der Waals surface area contributed by atoms with E-state index in [0.717, 1.165) is 23.7 Å². The summed E-state index contributed by atoms with van der Waals surface area (Å²) in [4.78, 5) is 0. The lowest BCUT2D eigenvalue weighted by Crippen LogP contribution is -2.18. The molecule has 108 valence electrons. The van der Waals surface area contributed by atoms with Gasteiger partial charge in [-0.15, -0.1) is 0 Å². The Kier molecular flexibility index (Phi) is 4.49. The van der Waals surface area contributed by atoms with E-state index >= 15 is 0 Å². The summed E-state index contributed by atoms with van der Waals surface area (Å²) < 4.78 is 28.2. The molecule has 1 heterocycles. The van der Waals surface area contributed by atoms with Crippen LogP contribution in [0.5, 0.6) is 0 Å². The van der Waals surface area contributed by atoms with Gasteiger partial charge in [0.2, 0.25) is 0 Å². The summed E-state index contributed by atoms with van der Waals surface area (Å²) in [5.41, 5.74) is 2.75. The summed E-state index contributed by atoms with van der Waals surface area (Å²) in [7, 11) is 1.88. The molecule has 3 nitrogen and oxygen atoms in total. The van der Waals surface area contributed by atoms with Gasteiger partial charge in [0.15, 0.2) is 0 Å². The summed E-state index contributed by atoms with van der Waals surface area (Å²) in [6, 6.07) is 3.45. The second-order valence-electron chi connectivity index (χ2n) is 4.93. The standard InChI is InChI=1S/C15H19F2N3/c1-4-15-12(9-20(3)19-15)8-18-10(2)11-5-13(16)7-14(17)6-11/h5-7,9-10,18H,4,8H2,1-3H3. The SMILES string of the molecule is CCc1nn(C)cc1CNC(C)c1cc(F)cc(F)c1. The van der Waals surface area contributed by atoms with Gasteiger partial charge in [-0.3, -0.25) is 4.68 Å². The number of nitrogens with zero attached hydrogens (tertiary/aromatic N) is 2. The zero-order valence-electron chi connectivity index (χ0n) is 12.0. The molecule has 1 unspecified atom stereocenters. The van der Waals surface area contributed by atoms with Crippen molar-refractivity contribution in [2.45, 2.75) is 32.9 Å². The topological polar surface area (TPSA) is 29.9 Å². The molecule has 20 heavy (non-hydrogen) atoms. The van der Waals surface area contributed by atoms with Gasteiger partial charge in [0.05, 0.1) is 5.69 Å². The van der Waals surface area contributed by atoms with Gasteiger partial charge in [0.1, 0.15) is 11.6 Å². The number of hydrogen-bond donors (Lipinski definition) is 1. The van der Waals surface area contributed by atoms with Crippen LogP contribution < -0.4 is 5.32 Å². The van der Waals surface area contributed by atoms with Crippen LogP contribution >= 0.6 is 0 Å². The van der Waals surface area contributed by atoms with Crippen molar-refractivity contribution in [1.29, 1.82) is 0 Å². The van der Waals surface area contributed by atoms with Gasteiger partial charge in [-0.1, -0.05) is 6.92 Å². The van der Waals surface area contributed by atoms with Crippen LogP contribution in [-0.4, -0.2) is 9.78 Å². The molecule has 5 heteroatoms. The van der Waals surface area contributed by atoms with Gasteiger partial charge < -0.3 is 5.32 Å². The normalized spacial score (nSPS) is 12.7. The number of rotatable bonds is 5. The Morgan fingerprint density at radius 1 is 1.25 bits per heavy atom. The summed E-state index contributed by atoms with van der Waals surface area (Å²) in [5.74, 6) is -1.10. The molecule has 0 aliphatic heterocycles. The highest BCUT2D eigenvalue weighted by Crippen LogP contribution is 2.17. The van der Waals surface area contributed by atoms with Crippen molar-refractivity contribution in [2.75, 3.05) is 0 Å². The van der Waals surface area contributed by atoms with Crippen LogP contribution in [0.15, 0.2) is 24.4 Å². The van der Waals surface area contributed by atoms with Crippen LogP contribution in [0.1, 0.15) is 36.7 Å². The fraction of sp³-hybridized carbons (Fsp3) is 0.400. The highest BCUT2D eigenvalue weighted by atomic mass is 19.1. The first kappa shape index (κ1) is 14.7. The van der Waals surface area contributed by atoms with Crippen molar-refractivity contribution in [2.24, 2.45) is 7.05 Å². The average Bonchev–Trinajstić information content (AvgIpc) is 2.75. The molecule has 1 atom stereocenters. The number of benzene rings is 1. The maximum atomic E-state index is 13.2. The predicted molar refractivity (Wildman–Crippen MR) is 74.2 cm³/mol. The molecule has 0 amide bonds. The van der Waals surface area contributed by atoms with Crippen LogP contribution in [0.25, 0.3) is 0 Å². The van der Waals surface area contributed by atoms with E-state index in [1.165, 1.54) is 12.1 Å². The third-order valence-electron chi connectivity index (χ3n) is 3.31. The predicted octanol–water partition coefficient (Wildman–Crippen LogP) is 3.11. The molecule has 0 spiro atoms. The molecule has 0 aliphatic carbocycles. The third-order valence-corrected chi connectivity index (χ3v) is 3.31. The van der Waals surface area contributed by atoms with Gasteiger partial charge in [-0.05, 0) is 31.0 Å². The molecule has 0 fully saturated rings. The van der Waals surface area contributed by atoms with E-state index in [1.54, 1.807) is 4.68 Å². The summed E-state index contributed by atoms with van der Waals surface area (Å²) >= 11 is 0. The first-order valence-corrected chi connectivity index (χ1v) is 6.70. The Morgan fingerprint density at radius 2 is 1.90 bits per heavy atom. The van der Waals surface area contributed by atoms with E-state index in [9.17, 15) is 8.78 Å². The Labute approximate surface area is 117 Å². The van der Waals surface area contributed by atoms with E-state index < -0.39 is 11.6 Å². The van der Waals surface area contributed by atoms with E-state index in [0.29, 0.717) is 12.1 Å². The molecule has 1 aromatic heterocycles. The van der Waals surface area contributed by atoms with E-state index in [1.807, 2.05) is 20.2 Å². The van der Waals surface area contributed by atoms with Crippen LogP contribution in [-0.2, 0) is 20.0 Å². The monoisotopic (exact) mass is 279 g/mol. The van der Waals surface area contributed by atoms with Gasteiger partial charge >= 0.3 is 0 Å². The molecule has 0 saturated carbocycles. The molecule has 1 N–H and O–H groups in total. The Bertz CT molecular complexity index is 573. The Morgan fingerprint density at radius 3 is 2.50 bits per heavy atom. The number of aromatic nitrogens is 2. The van der Waals surface area contributed by atoms with Crippen LogP contribution in [0.4, 0.5) is 8.78 Å². The quantitative estimate of drug-likeness (QED) is 0.911. The van der Waals surface area contributed by atoms with Gasteiger partial charge in [0.25, 0.3) is 0 Å². The fourth-order valence-corrected chi connectivity index (χ4v) is 2.24. The van der Waals surface area contributed by atoms with E-state index in [-0.39, 0.29) is 6.04 Å². The molecule has 1 aromatic carbocycles. The van der Waals surface area contributed by atoms with Gasteiger partial charge in [-0.2, -0.15) is 5.10 Å². The minimum atomic E-state index is -0.552. The zero-order valence-corrected chi connectivity index (χ0v) is 12.0. The second-order valence-corrected chi connectivity index (χ2v) is 4.93. The van der Waals surface area contributed by atoms with Crippen molar-refractivity contribution < 1.29 is 8.78 Å². The molecule has 2 aromatic rings. The largest absolute Gasteiger partial charge is 0.306 e. The molecule has 0 aliphatic rings. The lowest BCUT2D eigenvalue weighted by Gasteiger charge is -2.14. The lowest BCUT2D eigenvalue weighted by molar-refractivity contribution is 0.544. The molecule has 0 saturated heterocycles. The lowest BCUT2D eigenvalue weighted by atomic mass is 10.1. The van der Waals surface area contributed by atoms with Gasteiger partial charge in [-0.25, -0.2) is 8.78 Å². The van der Waals surface area contributed by atoms with E-state index in [4.69, 9.17) is 0 Å². The first-order chi connectivity index (χ1) is 9.49. The van der Waals surface area contributed by atoms with Crippen molar-refractivity contribution >= 4 is 0 Å². The van der Waals surface area contributed by atoms with Crippen molar-refractivity contribution in [1.82, 2.24) is 15.1 Å². The number of halogens is 2. The number of hydrogen-bond acceptors (Lipinski definition) is 2. The molecule has 0 bridgehead atoms. The maximum Gasteiger partial charge on any atom is 0.126 e. The van der Waals surface area contributed by atoms with Gasteiger partial charge in [0, 0.05) is 37.5 Å². The zero-order chi connectivity index (χ0) is 14.7. The van der Waals surface area contributed by atoms with Crippen LogP contribution in [0.3, 0.4) is 0 Å². The van der Waals surface area contributed by atoms with Crippen LogP contribution in [0.2, 0.25) is 0 Å². The van der Waals surface area contributed by atoms with Crippen molar-refractivity contribution in [3.8, 4) is 0 Å². The second kappa shape index (κ2) is 6.13. The Balaban J connectivity index is 2.06. The smallest absolute Gasteiger partial charge is 0.126 e. The highest BCUT2D eigenvalue weighted by molar-refractivity contribution is 5.22. The minimum absolute atomic E-state index is 0.134. The molecule has 0 radical (unpaired) electrons. The number of aryl methyl sites for hydroxylation is 2.